The van der Waals surface area contributed by atoms with Crippen LogP contribution in [0, 0.1) is 5.82 Å². The van der Waals surface area contributed by atoms with Crippen LogP contribution in [0.15, 0.2) is 48.5 Å². The number of hydrogen-bond acceptors (Lipinski definition) is 3. The maximum Gasteiger partial charge on any atom is 0.258 e. The van der Waals surface area contributed by atoms with Crippen LogP contribution in [0.25, 0.3) is 0 Å². The Morgan fingerprint density at radius 3 is 2.54 bits per heavy atom. The van der Waals surface area contributed by atoms with E-state index in [4.69, 9.17) is 4.74 Å². The third kappa shape index (κ3) is 3.03. The molecule has 0 saturated carbocycles. The summed E-state index contributed by atoms with van der Waals surface area (Å²) in [5.41, 5.74) is 1.28. The van der Waals surface area contributed by atoms with Gasteiger partial charge in [-0.15, -0.1) is 0 Å². The normalized spacial score (nSPS) is 23.4. The van der Waals surface area contributed by atoms with Crippen LogP contribution in [0.4, 0.5) is 10.1 Å². The Morgan fingerprint density at radius 2 is 1.82 bits per heavy atom. The molecule has 5 heteroatoms. The molecule has 0 aromatic heterocycles. The summed E-state index contributed by atoms with van der Waals surface area (Å²) in [6.45, 7) is 5.92. The van der Waals surface area contributed by atoms with E-state index in [0.29, 0.717) is 11.3 Å². The number of benzene rings is 2. The monoisotopic (exact) mass is 382 g/mol. The predicted molar refractivity (Wildman–Crippen MR) is 108 cm³/mol. The second-order valence-corrected chi connectivity index (χ2v) is 8.54. The molecule has 0 radical (unpaired) electrons. The van der Waals surface area contributed by atoms with Gasteiger partial charge >= 0.3 is 0 Å². The van der Waals surface area contributed by atoms with E-state index < -0.39 is 0 Å². The quantitative estimate of drug-likeness (QED) is 0.784. The maximum absolute atomic E-state index is 13.5. The van der Waals surface area contributed by atoms with Crippen LogP contribution in [-0.4, -0.2) is 42.1 Å². The van der Waals surface area contributed by atoms with Gasteiger partial charge in [0.05, 0.1) is 18.2 Å². The summed E-state index contributed by atoms with van der Waals surface area (Å²) in [6, 6.07) is 14.1. The summed E-state index contributed by atoms with van der Waals surface area (Å²) in [7, 11) is 1.60. The van der Waals surface area contributed by atoms with Crippen LogP contribution in [0.2, 0.25) is 0 Å². The highest BCUT2D eigenvalue weighted by molar-refractivity contribution is 5.97. The Morgan fingerprint density at radius 1 is 1.11 bits per heavy atom. The summed E-state index contributed by atoms with van der Waals surface area (Å²) in [6.07, 6.45) is 2.86. The number of anilines is 1. The Labute approximate surface area is 165 Å². The average molecular weight is 382 g/mol. The third-order valence-corrected chi connectivity index (χ3v) is 6.26. The molecular weight excluding hydrogens is 355 g/mol. The van der Waals surface area contributed by atoms with E-state index in [1.165, 1.54) is 12.1 Å². The Kier molecular flexibility index (Phi) is 4.56. The second-order valence-electron chi connectivity index (χ2n) is 8.54. The van der Waals surface area contributed by atoms with Gasteiger partial charge in [0.2, 0.25) is 0 Å². The standard InChI is InChI=1S/C23H27FN2O2/c1-22(2)15-23(16-26(22)18-11-9-17(24)10-12-18)13-6-14-25(23)21(27)19-7-4-5-8-20(19)28-3/h4-5,7-12H,6,13-16H2,1-3H3. The number of para-hydroxylation sites is 1. The van der Waals surface area contributed by atoms with Gasteiger partial charge in [0, 0.05) is 24.3 Å². The molecule has 2 aliphatic heterocycles. The van der Waals surface area contributed by atoms with Crippen molar-refractivity contribution in [2.24, 2.45) is 0 Å². The van der Waals surface area contributed by atoms with Crippen molar-refractivity contribution in [1.82, 2.24) is 4.90 Å². The van der Waals surface area contributed by atoms with E-state index in [1.807, 2.05) is 36.4 Å². The topological polar surface area (TPSA) is 32.8 Å². The number of hydrogen-bond donors (Lipinski definition) is 0. The van der Waals surface area contributed by atoms with Gasteiger partial charge in [0.25, 0.3) is 5.91 Å². The van der Waals surface area contributed by atoms with Crippen molar-refractivity contribution >= 4 is 11.6 Å². The number of amides is 1. The smallest absolute Gasteiger partial charge is 0.258 e. The van der Waals surface area contributed by atoms with E-state index in [1.54, 1.807) is 7.11 Å². The lowest BCUT2D eigenvalue weighted by Gasteiger charge is -2.35. The van der Waals surface area contributed by atoms with E-state index in [2.05, 4.69) is 23.6 Å². The fraction of sp³-hybridized carbons (Fsp3) is 0.435. The molecule has 4 nitrogen and oxygen atoms in total. The van der Waals surface area contributed by atoms with Gasteiger partial charge in [-0.05, 0) is 69.5 Å². The van der Waals surface area contributed by atoms with Crippen LogP contribution in [0.3, 0.4) is 0 Å². The van der Waals surface area contributed by atoms with Crippen molar-refractivity contribution < 1.29 is 13.9 Å². The summed E-state index contributed by atoms with van der Waals surface area (Å²) >= 11 is 0. The maximum atomic E-state index is 13.5. The number of methoxy groups -OCH3 is 1. The molecule has 1 unspecified atom stereocenters. The molecule has 1 amide bonds. The number of nitrogens with zero attached hydrogens (tertiary/aromatic N) is 2. The molecule has 1 spiro atoms. The van der Waals surface area contributed by atoms with Crippen molar-refractivity contribution in [2.45, 2.75) is 44.2 Å². The van der Waals surface area contributed by atoms with Crippen molar-refractivity contribution in [2.75, 3.05) is 25.1 Å². The van der Waals surface area contributed by atoms with Crippen LogP contribution in [0.1, 0.15) is 43.5 Å². The molecular formula is C23H27FN2O2. The Bertz CT molecular complexity index is 880. The molecule has 0 aliphatic carbocycles. The lowest BCUT2D eigenvalue weighted by molar-refractivity contribution is 0.0614. The first-order valence-electron chi connectivity index (χ1n) is 9.85. The van der Waals surface area contributed by atoms with E-state index in [0.717, 1.165) is 38.0 Å². The highest BCUT2D eigenvalue weighted by atomic mass is 19.1. The van der Waals surface area contributed by atoms with Gasteiger partial charge in [0.15, 0.2) is 0 Å². The molecule has 4 rings (SSSR count). The van der Waals surface area contributed by atoms with Gasteiger partial charge in [-0.2, -0.15) is 0 Å². The number of halogens is 1. The highest BCUT2D eigenvalue weighted by Gasteiger charge is 2.55. The molecule has 2 fully saturated rings. The third-order valence-electron chi connectivity index (χ3n) is 6.26. The highest BCUT2D eigenvalue weighted by Crippen LogP contribution is 2.47. The van der Waals surface area contributed by atoms with Gasteiger partial charge in [-0.25, -0.2) is 4.39 Å². The van der Waals surface area contributed by atoms with Gasteiger partial charge in [-0.1, -0.05) is 12.1 Å². The van der Waals surface area contributed by atoms with Gasteiger partial charge < -0.3 is 14.5 Å². The van der Waals surface area contributed by atoms with Crippen molar-refractivity contribution in [3.05, 3.63) is 59.9 Å². The number of likely N-dealkylation sites (tertiary alicyclic amines) is 1. The van der Waals surface area contributed by atoms with Crippen LogP contribution < -0.4 is 9.64 Å². The van der Waals surface area contributed by atoms with E-state index in [9.17, 15) is 9.18 Å². The molecule has 28 heavy (non-hydrogen) atoms. The fourth-order valence-corrected chi connectivity index (χ4v) is 5.10. The lowest BCUT2D eigenvalue weighted by atomic mass is 9.87. The first-order valence-corrected chi connectivity index (χ1v) is 9.85. The summed E-state index contributed by atoms with van der Waals surface area (Å²) in [5, 5.41) is 0. The molecule has 0 bridgehead atoms. The molecule has 2 saturated heterocycles. The SMILES string of the molecule is COc1ccccc1C(=O)N1CCCC12CN(c1ccc(F)cc1)C(C)(C)C2. The molecule has 2 aromatic carbocycles. The number of rotatable bonds is 3. The van der Waals surface area contributed by atoms with Crippen molar-refractivity contribution in [1.29, 1.82) is 0 Å². The zero-order chi connectivity index (χ0) is 19.9. The number of carbonyl (C=O) groups is 1. The zero-order valence-corrected chi connectivity index (χ0v) is 16.7. The number of ether oxygens (including phenoxy) is 1. The van der Waals surface area contributed by atoms with Crippen LogP contribution in [-0.2, 0) is 0 Å². The van der Waals surface area contributed by atoms with Gasteiger partial charge in [-0.3, -0.25) is 4.79 Å². The minimum absolute atomic E-state index is 0.0340. The lowest BCUT2D eigenvalue weighted by Crippen LogP contribution is -2.49. The average Bonchev–Trinajstić information content (AvgIpc) is 3.21. The molecule has 1 atom stereocenters. The Hall–Kier alpha value is -2.56. The Balaban J connectivity index is 1.67. The molecule has 2 aliphatic rings. The molecule has 2 aromatic rings. The van der Waals surface area contributed by atoms with Gasteiger partial charge in [0.1, 0.15) is 11.6 Å². The zero-order valence-electron chi connectivity index (χ0n) is 16.7. The predicted octanol–water partition coefficient (Wildman–Crippen LogP) is 4.50. The molecule has 2 heterocycles. The van der Waals surface area contributed by atoms with Crippen molar-refractivity contribution in [3.63, 3.8) is 0 Å². The fourth-order valence-electron chi connectivity index (χ4n) is 5.10. The summed E-state index contributed by atoms with van der Waals surface area (Å²) < 4.78 is 18.8. The largest absolute Gasteiger partial charge is 0.496 e. The second kappa shape index (κ2) is 6.80. The van der Waals surface area contributed by atoms with E-state index >= 15 is 0 Å². The summed E-state index contributed by atoms with van der Waals surface area (Å²) in [4.78, 5) is 17.8. The molecule has 148 valence electrons. The first kappa shape index (κ1) is 18.8. The van der Waals surface area contributed by atoms with Crippen LogP contribution in [0.5, 0.6) is 5.75 Å². The molecule has 0 N–H and O–H groups in total. The minimum Gasteiger partial charge on any atom is -0.496 e. The first-order chi connectivity index (χ1) is 13.4. The summed E-state index contributed by atoms with van der Waals surface area (Å²) in [5.74, 6) is 0.415. The van der Waals surface area contributed by atoms with Crippen molar-refractivity contribution in [3.8, 4) is 5.75 Å². The minimum atomic E-state index is -0.232. The number of carbonyl (C=O) groups excluding carboxylic acids is 1. The van der Waals surface area contributed by atoms with E-state index in [-0.39, 0.29) is 22.8 Å². The van der Waals surface area contributed by atoms with Crippen LogP contribution >= 0.6 is 0 Å².